The summed E-state index contributed by atoms with van der Waals surface area (Å²) >= 11 is 1.91. The van der Waals surface area contributed by atoms with Crippen molar-refractivity contribution in [3.05, 3.63) is 29.8 Å². The van der Waals surface area contributed by atoms with Crippen molar-refractivity contribution in [2.45, 2.75) is 25.4 Å². The molecule has 0 aromatic heterocycles. The largest absolute Gasteiger partial charge is 0.497 e. The molecule has 0 saturated carbocycles. The maximum Gasteiger partial charge on any atom is 0.222 e. The lowest BCUT2D eigenvalue weighted by molar-refractivity contribution is -0.122. The number of thioether (sulfide) groups is 1. The summed E-state index contributed by atoms with van der Waals surface area (Å²) in [6.07, 6.45) is 0.549. The quantitative estimate of drug-likeness (QED) is 0.870. The number of nitrogens with one attached hydrogen (secondary N) is 2. The van der Waals surface area contributed by atoms with E-state index in [1.54, 1.807) is 7.11 Å². The van der Waals surface area contributed by atoms with Gasteiger partial charge >= 0.3 is 0 Å². The van der Waals surface area contributed by atoms with Gasteiger partial charge in [0, 0.05) is 30.5 Å². The number of benzene rings is 1. The fourth-order valence-electron chi connectivity index (χ4n) is 2.25. The van der Waals surface area contributed by atoms with Crippen molar-refractivity contribution in [3.63, 3.8) is 0 Å². The van der Waals surface area contributed by atoms with Crippen molar-refractivity contribution < 1.29 is 9.53 Å². The third kappa shape index (κ3) is 5.77. The van der Waals surface area contributed by atoms with E-state index in [1.165, 1.54) is 0 Å². The highest BCUT2D eigenvalue weighted by Gasteiger charge is 2.18. The fourth-order valence-corrected chi connectivity index (χ4v) is 3.20. The van der Waals surface area contributed by atoms with Crippen LogP contribution < -0.4 is 15.4 Å². The Bertz CT molecular complexity index is 436. The minimum atomic E-state index is 0. The maximum atomic E-state index is 12.0. The van der Waals surface area contributed by atoms with Crippen LogP contribution in [0.1, 0.15) is 24.9 Å². The van der Waals surface area contributed by atoms with Crippen molar-refractivity contribution in [2.24, 2.45) is 0 Å². The van der Waals surface area contributed by atoms with E-state index < -0.39 is 0 Å². The predicted molar refractivity (Wildman–Crippen MR) is 90.5 cm³/mol. The molecule has 1 aliphatic rings. The topological polar surface area (TPSA) is 50.4 Å². The zero-order valence-electron chi connectivity index (χ0n) is 12.4. The van der Waals surface area contributed by atoms with Crippen LogP contribution in [-0.4, -0.2) is 37.1 Å². The molecule has 1 aromatic carbocycles. The van der Waals surface area contributed by atoms with Gasteiger partial charge in [0.15, 0.2) is 0 Å². The first-order valence-electron chi connectivity index (χ1n) is 6.93. The molecule has 0 radical (unpaired) electrons. The lowest BCUT2D eigenvalue weighted by Crippen LogP contribution is -2.41. The van der Waals surface area contributed by atoms with Gasteiger partial charge in [-0.2, -0.15) is 11.8 Å². The molecule has 1 aromatic rings. The molecule has 21 heavy (non-hydrogen) atoms. The Labute approximate surface area is 136 Å². The summed E-state index contributed by atoms with van der Waals surface area (Å²) in [5.74, 6) is 3.09. The highest BCUT2D eigenvalue weighted by molar-refractivity contribution is 7.99. The molecule has 2 unspecified atom stereocenters. The average Bonchev–Trinajstić information content (AvgIpc) is 2.48. The van der Waals surface area contributed by atoms with E-state index in [4.69, 9.17) is 4.74 Å². The fraction of sp³-hybridized carbons (Fsp3) is 0.533. The van der Waals surface area contributed by atoms with E-state index in [-0.39, 0.29) is 24.4 Å². The number of halogens is 1. The Balaban J connectivity index is 0.00000220. The van der Waals surface area contributed by atoms with Crippen molar-refractivity contribution in [1.82, 2.24) is 10.6 Å². The first kappa shape index (κ1) is 18.1. The summed E-state index contributed by atoms with van der Waals surface area (Å²) < 4.78 is 5.13. The predicted octanol–water partition coefficient (Wildman–Crippen LogP) is 2.39. The van der Waals surface area contributed by atoms with E-state index in [0.29, 0.717) is 12.5 Å². The van der Waals surface area contributed by atoms with Gasteiger partial charge in [-0.25, -0.2) is 0 Å². The molecule has 2 N–H and O–H groups in total. The molecule has 1 saturated heterocycles. The van der Waals surface area contributed by atoms with Crippen LogP contribution in [0.4, 0.5) is 0 Å². The SMILES string of the molecule is COc1ccc(C(C)NC(=O)CC2CSCCN2)cc1.Cl. The molecule has 1 amide bonds. The molecule has 0 bridgehead atoms. The van der Waals surface area contributed by atoms with Crippen molar-refractivity contribution >= 4 is 30.1 Å². The van der Waals surface area contributed by atoms with E-state index in [0.717, 1.165) is 29.4 Å². The lowest BCUT2D eigenvalue weighted by Gasteiger charge is -2.23. The standard InChI is InChI=1S/C15H22N2O2S.ClH/c1-11(12-3-5-14(19-2)6-4-12)17-15(18)9-13-10-20-8-7-16-13;/h3-6,11,13,16H,7-10H2,1-2H3,(H,17,18);1H. The van der Waals surface area contributed by atoms with Crippen LogP contribution in [0.15, 0.2) is 24.3 Å². The van der Waals surface area contributed by atoms with Crippen LogP contribution in [0.3, 0.4) is 0 Å². The van der Waals surface area contributed by atoms with Crippen molar-refractivity contribution in [3.8, 4) is 5.75 Å². The zero-order valence-corrected chi connectivity index (χ0v) is 14.1. The molecule has 1 aliphatic heterocycles. The summed E-state index contributed by atoms with van der Waals surface area (Å²) in [5.41, 5.74) is 1.09. The molecule has 2 atom stereocenters. The molecule has 6 heteroatoms. The number of amides is 1. The van der Waals surface area contributed by atoms with Crippen LogP contribution in [0.25, 0.3) is 0 Å². The molecular formula is C15H23ClN2O2S. The highest BCUT2D eigenvalue weighted by Crippen LogP contribution is 2.17. The third-order valence-corrected chi connectivity index (χ3v) is 4.55. The Morgan fingerprint density at radius 1 is 1.48 bits per heavy atom. The second-order valence-corrected chi connectivity index (χ2v) is 6.14. The van der Waals surface area contributed by atoms with Crippen LogP contribution >= 0.6 is 24.2 Å². The van der Waals surface area contributed by atoms with E-state index in [9.17, 15) is 4.79 Å². The smallest absolute Gasteiger partial charge is 0.222 e. The first-order valence-corrected chi connectivity index (χ1v) is 8.09. The van der Waals surface area contributed by atoms with Gasteiger partial charge in [-0.05, 0) is 24.6 Å². The van der Waals surface area contributed by atoms with Gasteiger partial charge in [0.05, 0.1) is 13.2 Å². The number of carbonyl (C=O) groups is 1. The number of carbonyl (C=O) groups excluding carboxylic acids is 1. The molecule has 118 valence electrons. The average molecular weight is 331 g/mol. The molecule has 0 aliphatic carbocycles. The van der Waals surface area contributed by atoms with Gasteiger partial charge in [0.1, 0.15) is 5.75 Å². The lowest BCUT2D eigenvalue weighted by atomic mass is 10.1. The molecule has 2 rings (SSSR count). The summed E-state index contributed by atoms with van der Waals surface area (Å²) in [4.78, 5) is 12.0. The Morgan fingerprint density at radius 3 is 2.76 bits per heavy atom. The Kier molecular flexibility index (Phi) is 7.93. The molecule has 1 heterocycles. The molecule has 4 nitrogen and oxygen atoms in total. The van der Waals surface area contributed by atoms with E-state index >= 15 is 0 Å². The van der Waals surface area contributed by atoms with Crippen LogP contribution in [0, 0.1) is 0 Å². The third-order valence-electron chi connectivity index (χ3n) is 3.42. The highest BCUT2D eigenvalue weighted by atomic mass is 35.5. The minimum Gasteiger partial charge on any atom is -0.497 e. The number of ether oxygens (including phenoxy) is 1. The van der Waals surface area contributed by atoms with Gasteiger partial charge in [0.25, 0.3) is 0 Å². The van der Waals surface area contributed by atoms with Gasteiger partial charge in [-0.15, -0.1) is 12.4 Å². The van der Waals surface area contributed by atoms with Crippen molar-refractivity contribution in [2.75, 3.05) is 25.2 Å². The van der Waals surface area contributed by atoms with Crippen LogP contribution in [-0.2, 0) is 4.79 Å². The van der Waals surface area contributed by atoms with Gasteiger partial charge < -0.3 is 15.4 Å². The minimum absolute atomic E-state index is 0. The number of methoxy groups -OCH3 is 1. The number of rotatable bonds is 5. The second-order valence-electron chi connectivity index (χ2n) is 4.99. The van der Waals surface area contributed by atoms with E-state index in [2.05, 4.69) is 10.6 Å². The molecular weight excluding hydrogens is 308 g/mol. The van der Waals surface area contributed by atoms with Crippen molar-refractivity contribution in [1.29, 1.82) is 0 Å². The zero-order chi connectivity index (χ0) is 14.4. The molecule has 0 spiro atoms. The maximum absolute atomic E-state index is 12.0. The molecule has 1 fully saturated rings. The monoisotopic (exact) mass is 330 g/mol. The Hall–Kier alpha value is -0.910. The number of hydrogen-bond donors (Lipinski definition) is 2. The number of hydrogen-bond acceptors (Lipinski definition) is 4. The van der Waals surface area contributed by atoms with Crippen LogP contribution in [0.2, 0.25) is 0 Å². The summed E-state index contributed by atoms with van der Waals surface area (Å²) in [6.45, 7) is 3.00. The van der Waals surface area contributed by atoms with Gasteiger partial charge in [-0.1, -0.05) is 12.1 Å². The summed E-state index contributed by atoms with van der Waals surface area (Å²) in [6, 6.07) is 8.12. The summed E-state index contributed by atoms with van der Waals surface area (Å²) in [5, 5.41) is 6.43. The summed E-state index contributed by atoms with van der Waals surface area (Å²) in [7, 11) is 1.65. The van der Waals surface area contributed by atoms with Gasteiger partial charge in [0.2, 0.25) is 5.91 Å². The Morgan fingerprint density at radius 2 is 2.19 bits per heavy atom. The normalized spacial score (nSPS) is 19.2. The first-order chi connectivity index (χ1) is 9.69. The second kappa shape index (κ2) is 9.18. The van der Waals surface area contributed by atoms with E-state index in [1.807, 2.05) is 43.0 Å². The van der Waals surface area contributed by atoms with Crippen LogP contribution in [0.5, 0.6) is 5.75 Å². The van der Waals surface area contributed by atoms with Gasteiger partial charge in [-0.3, -0.25) is 4.79 Å².